The van der Waals surface area contributed by atoms with Crippen molar-refractivity contribution in [3.63, 3.8) is 0 Å². The number of halogens is 3. The largest absolute Gasteiger partial charge is 0.506 e. The topological polar surface area (TPSA) is 85.8 Å². The van der Waals surface area contributed by atoms with E-state index in [1.54, 1.807) is 24.4 Å². The van der Waals surface area contributed by atoms with Crippen molar-refractivity contribution < 1.29 is 27.9 Å². The minimum absolute atomic E-state index is 0.0557. The monoisotopic (exact) mass is 512 g/mol. The Labute approximate surface area is 212 Å². The predicted octanol–water partition coefficient (Wildman–Crippen LogP) is 4.03. The molecule has 7 nitrogen and oxygen atoms in total. The van der Waals surface area contributed by atoms with Crippen LogP contribution in [0.15, 0.2) is 67.0 Å². The fourth-order valence-electron chi connectivity index (χ4n) is 4.31. The summed E-state index contributed by atoms with van der Waals surface area (Å²) >= 11 is 0. The highest BCUT2D eigenvalue weighted by Crippen LogP contribution is 2.27. The molecule has 0 radical (unpaired) electrons. The molecule has 1 aromatic heterocycles. The molecule has 2 aromatic carbocycles. The Balaban J connectivity index is 1.29. The van der Waals surface area contributed by atoms with Crippen molar-refractivity contribution in [2.75, 3.05) is 37.6 Å². The van der Waals surface area contributed by atoms with Crippen LogP contribution in [0.2, 0.25) is 0 Å². The van der Waals surface area contributed by atoms with E-state index in [0.717, 1.165) is 22.4 Å². The molecule has 4 rings (SSSR count). The summed E-state index contributed by atoms with van der Waals surface area (Å²) in [6.45, 7) is 0.936. The second-order valence-corrected chi connectivity index (χ2v) is 8.80. The maximum atomic E-state index is 12.9. The maximum Gasteiger partial charge on any atom is 0.405 e. The molecule has 37 heavy (non-hydrogen) atoms. The Morgan fingerprint density at radius 2 is 1.68 bits per heavy atom. The molecule has 2 heterocycles. The van der Waals surface area contributed by atoms with E-state index in [2.05, 4.69) is 9.88 Å². The lowest BCUT2D eigenvalue weighted by Crippen LogP contribution is -2.48. The Kier molecular flexibility index (Phi) is 7.95. The third-order valence-corrected chi connectivity index (χ3v) is 6.24. The summed E-state index contributed by atoms with van der Waals surface area (Å²) in [6.07, 6.45) is -0.493. The number of hydrogen-bond acceptors (Lipinski definition) is 5. The second kappa shape index (κ2) is 11.3. The van der Waals surface area contributed by atoms with Crippen LogP contribution in [-0.2, 0) is 11.2 Å². The lowest BCUT2D eigenvalue weighted by molar-refractivity contribution is -0.131. The number of nitrogens with zero attached hydrogens (tertiary/aromatic N) is 3. The van der Waals surface area contributed by atoms with E-state index in [9.17, 15) is 27.9 Å². The molecule has 10 heteroatoms. The van der Waals surface area contributed by atoms with Crippen molar-refractivity contribution in [3.8, 4) is 16.9 Å². The van der Waals surface area contributed by atoms with Gasteiger partial charge in [0, 0.05) is 55.6 Å². The van der Waals surface area contributed by atoms with Crippen molar-refractivity contribution in [1.29, 1.82) is 0 Å². The highest BCUT2D eigenvalue weighted by Gasteiger charge is 2.28. The number of benzene rings is 2. The lowest BCUT2D eigenvalue weighted by Gasteiger charge is -2.36. The van der Waals surface area contributed by atoms with Crippen LogP contribution in [0.5, 0.6) is 5.75 Å². The van der Waals surface area contributed by atoms with Gasteiger partial charge in [0.1, 0.15) is 12.3 Å². The van der Waals surface area contributed by atoms with Crippen molar-refractivity contribution in [2.45, 2.75) is 19.0 Å². The van der Waals surface area contributed by atoms with Gasteiger partial charge in [-0.25, -0.2) is 0 Å². The first-order chi connectivity index (χ1) is 17.7. The summed E-state index contributed by atoms with van der Waals surface area (Å²) in [5.41, 5.74) is 3.72. The number of amides is 2. The average Bonchev–Trinajstić information content (AvgIpc) is 2.90. The smallest absolute Gasteiger partial charge is 0.405 e. The van der Waals surface area contributed by atoms with E-state index >= 15 is 0 Å². The predicted molar refractivity (Wildman–Crippen MR) is 133 cm³/mol. The zero-order chi connectivity index (χ0) is 26.4. The molecule has 2 amide bonds. The van der Waals surface area contributed by atoms with Gasteiger partial charge in [0.05, 0.1) is 6.20 Å². The summed E-state index contributed by atoms with van der Waals surface area (Å²) in [5.74, 6) is -0.637. The van der Waals surface area contributed by atoms with Gasteiger partial charge in [-0.1, -0.05) is 24.3 Å². The van der Waals surface area contributed by atoms with Crippen LogP contribution in [0.4, 0.5) is 18.9 Å². The average molecular weight is 513 g/mol. The number of anilines is 1. The zero-order valence-corrected chi connectivity index (χ0v) is 20.0. The van der Waals surface area contributed by atoms with Crippen LogP contribution < -0.4 is 10.2 Å². The van der Waals surface area contributed by atoms with Crippen LogP contribution in [0.25, 0.3) is 11.1 Å². The lowest BCUT2D eigenvalue weighted by atomic mass is 9.97. The second-order valence-electron chi connectivity index (χ2n) is 8.80. The molecule has 3 aromatic rings. The molecule has 2 N–H and O–H groups in total. The molecule has 194 valence electrons. The Bertz CT molecular complexity index is 1240. The molecular weight excluding hydrogens is 485 g/mol. The van der Waals surface area contributed by atoms with E-state index < -0.39 is 18.6 Å². The summed E-state index contributed by atoms with van der Waals surface area (Å²) in [4.78, 5) is 32.7. The molecule has 0 spiro atoms. The quantitative estimate of drug-likeness (QED) is 0.500. The van der Waals surface area contributed by atoms with Crippen molar-refractivity contribution in [1.82, 2.24) is 15.2 Å². The summed E-state index contributed by atoms with van der Waals surface area (Å²) in [5, 5.41) is 11.6. The van der Waals surface area contributed by atoms with Gasteiger partial charge in [-0.2, -0.15) is 13.2 Å². The first kappa shape index (κ1) is 26.0. The Morgan fingerprint density at radius 3 is 2.35 bits per heavy atom. The highest BCUT2D eigenvalue weighted by molar-refractivity contribution is 5.94. The molecule has 0 unspecified atom stereocenters. The van der Waals surface area contributed by atoms with E-state index in [-0.39, 0.29) is 17.2 Å². The van der Waals surface area contributed by atoms with Crippen LogP contribution in [0.3, 0.4) is 0 Å². The van der Waals surface area contributed by atoms with Crippen LogP contribution in [0, 0.1) is 0 Å². The molecule has 0 saturated carbocycles. The fraction of sp³-hybridized carbons (Fsp3) is 0.296. The van der Waals surface area contributed by atoms with Crippen molar-refractivity contribution in [3.05, 3.63) is 78.1 Å². The minimum atomic E-state index is -4.46. The number of rotatable bonds is 7. The minimum Gasteiger partial charge on any atom is -0.506 e. The number of nitrogens with one attached hydrogen (secondary N) is 1. The van der Waals surface area contributed by atoms with Crippen molar-refractivity contribution >= 4 is 17.5 Å². The SMILES string of the molecule is O=C(NCC(F)(F)F)c1ccc(N2CCN(C(=O)CCc3ccccc3-c3cncc(O)c3)CC2)cc1. The van der Waals surface area contributed by atoms with E-state index in [1.807, 2.05) is 34.5 Å². The maximum absolute atomic E-state index is 12.9. The van der Waals surface area contributed by atoms with Gasteiger partial charge in [-0.15, -0.1) is 0 Å². The number of carbonyl (C=O) groups is 2. The molecular formula is C27H27F3N4O3. The van der Waals surface area contributed by atoms with Gasteiger partial charge in [-0.3, -0.25) is 14.6 Å². The molecule has 1 aliphatic heterocycles. The number of alkyl halides is 3. The van der Waals surface area contributed by atoms with Crippen molar-refractivity contribution in [2.24, 2.45) is 0 Å². The summed E-state index contributed by atoms with van der Waals surface area (Å²) < 4.78 is 36.9. The Hall–Kier alpha value is -4.08. The van der Waals surface area contributed by atoms with Gasteiger partial charge >= 0.3 is 6.18 Å². The third-order valence-electron chi connectivity index (χ3n) is 6.24. The summed E-state index contributed by atoms with van der Waals surface area (Å²) in [6, 6.07) is 15.8. The number of aryl methyl sites for hydroxylation is 1. The van der Waals surface area contributed by atoms with E-state index in [0.29, 0.717) is 39.0 Å². The van der Waals surface area contributed by atoms with Gasteiger partial charge in [0.15, 0.2) is 0 Å². The molecule has 1 aliphatic rings. The number of piperazine rings is 1. The molecule has 0 atom stereocenters. The molecule has 1 fully saturated rings. The Morgan fingerprint density at radius 1 is 0.973 bits per heavy atom. The van der Waals surface area contributed by atoms with Gasteiger partial charge in [0.25, 0.3) is 5.91 Å². The van der Waals surface area contributed by atoms with Gasteiger partial charge in [0.2, 0.25) is 5.91 Å². The molecule has 0 aliphatic carbocycles. The number of aromatic hydroxyl groups is 1. The first-order valence-electron chi connectivity index (χ1n) is 11.9. The number of pyridine rings is 1. The van der Waals surface area contributed by atoms with Crippen LogP contribution in [-0.4, -0.2) is 65.7 Å². The number of aromatic nitrogens is 1. The summed E-state index contributed by atoms with van der Waals surface area (Å²) in [7, 11) is 0. The normalized spacial score (nSPS) is 13.9. The van der Waals surface area contributed by atoms with Crippen LogP contribution in [0.1, 0.15) is 22.3 Å². The van der Waals surface area contributed by atoms with Crippen LogP contribution >= 0.6 is 0 Å². The van der Waals surface area contributed by atoms with Gasteiger partial charge < -0.3 is 20.2 Å². The third kappa shape index (κ3) is 6.99. The number of hydrogen-bond donors (Lipinski definition) is 2. The first-order valence-corrected chi connectivity index (χ1v) is 11.9. The van der Waals surface area contributed by atoms with E-state index in [4.69, 9.17) is 0 Å². The molecule has 1 saturated heterocycles. The highest BCUT2D eigenvalue weighted by atomic mass is 19.4. The fourth-order valence-corrected chi connectivity index (χ4v) is 4.31. The van der Waals surface area contributed by atoms with Gasteiger partial charge in [-0.05, 0) is 47.9 Å². The van der Waals surface area contributed by atoms with E-state index in [1.165, 1.54) is 18.3 Å². The molecule has 0 bridgehead atoms. The standard InChI is InChI=1S/C27H27F3N4O3/c28-27(29,30)18-32-26(37)20-5-8-22(9-6-20)33-11-13-34(14-12-33)25(36)10-7-19-3-1-2-4-24(19)21-15-23(35)17-31-16-21/h1-6,8-9,15-17,35H,7,10-14,18H2,(H,32,37). The zero-order valence-electron chi connectivity index (χ0n) is 20.0. The number of carbonyl (C=O) groups excluding carboxylic acids is 2.